The van der Waals surface area contributed by atoms with Crippen LogP contribution in [0, 0.1) is 30.6 Å². The minimum atomic E-state index is -0.949. The number of terminal acetylenes is 2. The molecular weight excluding hydrogens is 208 g/mol. The van der Waals surface area contributed by atoms with Gasteiger partial charge in [-0.1, -0.05) is 0 Å². The van der Waals surface area contributed by atoms with E-state index in [4.69, 9.17) is 22.3 Å². The van der Waals surface area contributed by atoms with E-state index < -0.39 is 17.9 Å². The van der Waals surface area contributed by atoms with Crippen molar-refractivity contribution in [3.8, 4) is 24.7 Å². The molecule has 4 nitrogen and oxygen atoms in total. The smallest absolute Gasteiger partial charge is 0.320 e. The summed E-state index contributed by atoms with van der Waals surface area (Å²) in [5, 5.41) is 0. The van der Waals surface area contributed by atoms with E-state index in [9.17, 15) is 9.59 Å². The van der Waals surface area contributed by atoms with Crippen LogP contribution in [0.3, 0.4) is 0 Å². The van der Waals surface area contributed by atoms with Crippen molar-refractivity contribution in [3.05, 3.63) is 0 Å². The van der Waals surface area contributed by atoms with E-state index in [0.29, 0.717) is 12.8 Å². The Balaban J connectivity index is 3.89. The monoisotopic (exact) mass is 222 g/mol. The third kappa shape index (κ3) is 5.72. The summed E-state index contributed by atoms with van der Waals surface area (Å²) in [5.41, 5.74) is 0. The van der Waals surface area contributed by atoms with Gasteiger partial charge in [-0.15, -0.1) is 24.7 Å². The fourth-order valence-electron chi connectivity index (χ4n) is 0.767. The van der Waals surface area contributed by atoms with Crippen LogP contribution in [0.2, 0.25) is 0 Å². The maximum Gasteiger partial charge on any atom is 0.320 e. The number of rotatable bonds is 6. The lowest BCUT2D eigenvalue weighted by Gasteiger charge is -2.09. The number of hydrogen-bond donors (Lipinski definition) is 0. The number of carbonyl (C=O) groups excluding carboxylic acids is 2. The lowest BCUT2D eigenvalue weighted by molar-refractivity contribution is -0.160. The Kier molecular flexibility index (Phi) is 7.36. The number of esters is 2. The van der Waals surface area contributed by atoms with E-state index in [1.807, 2.05) is 0 Å². The van der Waals surface area contributed by atoms with Crippen LogP contribution in [0.1, 0.15) is 19.8 Å². The fourth-order valence-corrected chi connectivity index (χ4v) is 0.767. The van der Waals surface area contributed by atoms with E-state index >= 15 is 0 Å². The minimum Gasteiger partial charge on any atom is -0.464 e. The highest BCUT2D eigenvalue weighted by molar-refractivity contribution is 5.94. The van der Waals surface area contributed by atoms with Gasteiger partial charge in [-0.05, 0) is 6.92 Å². The molecule has 0 aromatic heterocycles. The molecule has 16 heavy (non-hydrogen) atoms. The molecule has 0 aliphatic carbocycles. The quantitative estimate of drug-likeness (QED) is 0.288. The van der Waals surface area contributed by atoms with Crippen molar-refractivity contribution in [2.75, 3.05) is 13.2 Å². The van der Waals surface area contributed by atoms with Crippen LogP contribution < -0.4 is 0 Å². The summed E-state index contributed by atoms with van der Waals surface area (Å²) in [6, 6.07) is 0. The van der Waals surface area contributed by atoms with E-state index in [0.717, 1.165) is 0 Å². The second-order valence-electron chi connectivity index (χ2n) is 2.96. The van der Waals surface area contributed by atoms with E-state index in [-0.39, 0.29) is 13.2 Å². The second kappa shape index (κ2) is 8.38. The lowest BCUT2D eigenvalue weighted by Crippen LogP contribution is -2.25. The van der Waals surface area contributed by atoms with Gasteiger partial charge in [0.2, 0.25) is 0 Å². The van der Waals surface area contributed by atoms with Crippen molar-refractivity contribution in [2.45, 2.75) is 19.8 Å². The number of hydrogen-bond acceptors (Lipinski definition) is 4. The van der Waals surface area contributed by atoms with Crippen molar-refractivity contribution < 1.29 is 19.1 Å². The van der Waals surface area contributed by atoms with Crippen molar-refractivity contribution in [3.63, 3.8) is 0 Å². The Morgan fingerprint density at radius 3 is 1.75 bits per heavy atom. The van der Waals surface area contributed by atoms with E-state index in [1.165, 1.54) is 6.92 Å². The van der Waals surface area contributed by atoms with Crippen LogP contribution in [0.4, 0.5) is 0 Å². The predicted octanol–water partition coefficient (Wildman–Crippen LogP) is 0.755. The molecule has 0 aromatic carbocycles. The first-order chi connectivity index (χ1) is 7.63. The SMILES string of the molecule is C#CCCOC(=O)C(C)C(=O)OCCC#C. The molecule has 0 saturated carbocycles. The highest BCUT2D eigenvalue weighted by Crippen LogP contribution is 2.02. The average Bonchev–Trinajstić information content (AvgIpc) is 2.28. The summed E-state index contributed by atoms with van der Waals surface area (Å²) in [6.45, 7) is 1.63. The average molecular weight is 222 g/mol. The van der Waals surface area contributed by atoms with Crippen molar-refractivity contribution in [2.24, 2.45) is 5.92 Å². The molecule has 0 unspecified atom stereocenters. The largest absolute Gasteiger partial charge is 0.464 e. The van der Waals surface area contributed by atoms with Crippen LogP contribution in [-0.4, -0.2) is 25.2 Å². The number of carbonyl (C=O) groups is 2. The molecule has 0 rings (SSSR count). The molecule has 4 heteroatoms. The first-order valence-corrected chi connectivity index (χ1v) is 4.83. The summed E-state index contributed by atoms with van der Waals surface area (Å²) in [6.07, 6.45) is 10.6. The van der Waals surface area contributed by atoms with Gasteiger partial charge in [0.15, 0.2) is 5.92 Å². The molecule has 0 spiro atoms. The summed E-state index contributed by atoms with van der Waals surface area (Å²) < 4.78 is 9.50. The number of ether oxygens (including phenoxy) is 2. The Morgan fingerprint density at radius 1 is 1.06 bits per heavy atom. The topological polar surface area (TPSA) is 52.6 Å². The molecule has 0 atom stereocenters. The Labute approximate surface area is 95.3 Å². The Hall–Kier alpha value is -1.94. The Morgan fingerprint density at radius 2 is 1.44 bits per heavy atom. The van der Waals surface area contributed by atoms with Gasteiger partial charge in [0.25, 0.3) is 0 Å². The van der Waals surface area contributed by atoms with Crippen LogP contribution in [-0.2, 0) is 19.1 Å². The zero-order valence-electron chi connectivity index (χ0n) is 9.19. The van der Waals surface area contributed by atoms with E-state index in [2.05, 4.69) is 11.8 Å². The molecular formula is C12H14O4. The second-order valence-corrected chi connectivity index (χ2v) is 2.96. The predicted molar refractivity (Wildman–Crippen MR) is 58.0 cm³/mol. The minimum absolute atomic E-state index is 0.108. The van der Waals surface area contributed by atoms with Gasteiger partial charge in [-0.25, -0.2) is 0 Å². The highest BCUT2D eigenvalue weighted by atomic mass is 16.6. The lowest BCUT2D eigenvalue weighted by atomic mass is 10.2. The first kappa shape index (κ1) is 14.1. The maximum atomic E-state index is 11.3. The van der Waals surface area contributed by atoms with Crippen LogP contribution in [0.5, 0.6) is 0 Å². The molecule has 86 valence electrons. The third-order valence-corrected chi connectivity index (χ3v) is 1.69. The summed E-state index contributed by atoms with van der Waals surface area (Å²) in [7, 11) is 0. The summed E-state index contributed by atoms with van der Waals surface area (Å²) in [4.78, 5) is 22.5. The molecule has 0 aliphatic rings. The molecule has 0 aliphatic heterocycles. The molecule has 0 amide bonds. The third-order valence-electron chi connectivity index (χ3n) is 1.69. The van der Waals surface area contributed by atoms with Gasteiger partial charge in [0.05, 0.1) is 0 Å². The van der Waals surface area contributed by atoms with Crippen LogP contribution in [0.15, 0.2) is 0 Å². The molecule has 0 radical (unpaired) electrons. The highest BCUT2D eigenvalue weighted by Gasteiger charge is 2.24. The van der Waals surface area contributed by atoms with Gasteiger partial charge >= 0.3 is 11.9 Å². The van der Waals surface area contributed by atoms with E-state index in [1.54, 1.807) is 0 Å². The standard InChI is InChI=1S/C12H14O4/c1-4-6-8-15-11(13)10(3)12(14)16-9-7-5-2/h1-2,10H,6-9H2,3H3. The van der Waals surface area contributed by atoms with Crippen molar-refractivity contribution in [1.29, 1.82) is 0 Å². The van der Waals surface area contributed by atoms with Crippen LogP contribution in [0.25, 0.3) is 0 Å². The summed E-state index contributed by atoms with van der Waals surface area (Å²) in [5.74, 6) is 2.41. The fraction of sp³-hybridized carbons (Fsp3) is 0.500. The normalized spacial score (nSPS) is 9.00. The molecule has 0 saturated heterocycles. The first-order valence-electron chi connectivity index (χ1n) is 4.83. The van der Waals surface area contributed by atoms with Gasteiger partial charge in [0, 0.05) is 12.8 Å². The van der Waals surface area contributed by atoms with Gasteiger partial charge in [-0.2, -0.15) is 0 Å². The molecule has 0 heterocycles. The zero-order chi connectivity index (χ0) is 12.4. The van der Waals surface area contributed by atoms with Crippen molar-refractivity contribution >= 4 is 11.9 Å². The Bertz CT molecular complexity index is 287. The van der Waals surface area contributed by atoms with Gasteiger partial charge in [0.1, 0.15) is 13.2 Å². The molecule has 0 bridgehead atoms. The molecule has 0 aromatic rings. The van der Waals surface area contributed by atoms with Crippen molar-refractivity contribution in [1.82, 2.24) is 0 Å². The van der Waals surface area contributed by atoms with Gasteiger partial charge < -0.3 is 9.47 Å². The summed E-state index contributed by atoms with van der Waals surface area (Å²) >= 11 is 0. The molecule has 0 N–H and O–H groups in total. The maximum absolute atomic E-state index is 11.3. The molecule has 0 fully saturated rings. The van der Waals surface area contributed by atoms with Crippen LogP contribution >= 0.6 is 0 Å². The zero-order valence-corrected chi connectivity index (χ0v) is 9.19. The van der Waals surface area contributed by atoms with Gasteiger partial charge in [-0.3, -0.25) is 9.59 Å².